The van der Waals surface area contributed by atoms with E-state index in [-0.39, 0.29) is 17.6 Å². The standard InChI is InChI=1S/C10H14O2/c1-2-8(11)9-6-3-4-7(5-6)10(9)12/h3-4,6-9,11H,2,5H2,1H3/t6-,7+,8+,9-/m0/s1. The summed E-state index contributed by atoms with van der Waals surface area (Å²) in [5, 5.41) is 9.60. The Hall–Kier alpha value is -0.630. The van der Waals surface area contributed by atoms with Crippen molar-refractivity contribution in [2.24, 2.45) is 17.8 Å². The van der Waals surface area contributed by atoms with Gasteiger partial charge in [0.2, 0.25) is 0 Å². The summed E-state index contributed by atoms with van der Waals surface area (Å²) in [7, 11) is 0. The van der Waals surface area contributed by atoms with Gasteiger partial charge in [-0.2, -0.15) is 0 Å². The molecule has 0 radical (unpaired) electrons. The molecule has 0 heterocycles. The van der Waals surface area contributed by atoms with Crippen LogP contribution >= 0.6 is 0 Å². The highest BCUT2D eigenvalue weighted by Crippen LogP contribution is 2.42. The molecule has 0 aromatic heterocycles. The van der Waals surface area contributed by atoms with Gasteiger partial charge in [-0.1, -0.05) is 19.1 Å². The SMILES string of the molecule is CC[C@@H](O)[C@H]1C(=O)[C@@H]2C=C[C@H]1C2. The minimum absolute atomic E-state index is 0.0926. The first-order valence-corrected chi connectivity index (χ1v) is 4.64. The fraction of sp³-hybridized carbons (Fsp3) is 0.700. The van der Waals surface area contributed by atoms with Crippen LogP contribution in [0.2, 0.25) is 0 Å². The summed E-state index contributed by atoms with van der Waals surface area (Å²) < 4.78 is 0. The molecule has 2 aliphatic carbocycles. The van der Waals surface area contributed by atoms with E-state index in [4.69, 9.17) is 0 Å². The zero-order valence-corrected chi connectivity index (χ0v) is 7.23. The van der Waals surface area contributed by atoms with Crippen LogP contribution in [0.25, 0.3) is 0 Å². The van der Waals surface area contributed by atoms with E-state index < -0.39 is 6.10 Å². The van der Waals surface area contributed by atoms with Crippen molar-refractivity contribution in [3.8, 4) is 0 Å². The summed E-state index contributed by atoms with van der Waals surface area (Å²) in [4.78, 5) is 11.6. The normalized spacial score (nSPS) is 40.8. The third-order valence-corrected chi connectivity index (χ3v) is 3.10. The Labute approximate surface area is 72.3 Å². The van der Waals surface area contributed by atoms with Crippen LogP contribution in [0.1, 0.15) is 19.8 Å². The van der Waals surface area contributed by atoms with Crippen molar-refractivity contribution in [1.29, 1.82) is 0 Å². The van der Waals surface area contributed by atoms with E-state index in [1.807, 2.05) is 13.0 Å². The molecule has 66 valence electrons. The van der Waals surface area contributed by atoms with E-state index in [1.165, 1.54) is 0 Å². The molecule has 0 aromatic carbocycles. The van der Waals surface area contributed by atoms with Crippen molar-refractivity contribution >= 4 is 5.78 Å². The maximum atomic E-state index is 11.6. The molecule has 0 amide bonds. The molecule has 2 rings (SSSR count). The van der Waals surface area contributed by atoms with E-state index in [9.17, 15) is 9.90 Å². The van der Waals surface area contributed by atoms with Gasteiger partial charge in [0, 0.05) is 5.92 Å². The van der Waals surface area contributed by atoms with E-state index in [2.05, 4.69) is 6.08 Å². The lowest BCUT2D eigenvalue weighted by Crippen LogP contribution is -2.30. The molecule has 2 aliphatic rings. The smallest absolute Gasteiger partial charge is 0.145 e. The summed E-state index contributed by atoms with van der Waals surface area (Å²) >= 11 is 0. The predicted octanol–water partition coefficient (Wildman–Crippen LogP) is 1.15. The third-order valence-electron chi connectivity index (χ3n) is 3.10. The topological polar surface area (TPSA) is 37.3 Å². The van der Waals surface area contributed by atoms with Gasteiger partial charge in [-0.05, 0) is 18.8 Å². The van der Waals surface area contributed by atoms with E-state index >= 15 is 0 Å². The molecule has 1 N–H and O–H groups in total. The number of Topliss-reactive ketones (excluding diaryl/α,β-unsaturated/α-hetero) is 1. The average Bonchev–Trinajstić information content (AvgIpc) is 2.63. The van der Waals surface area contributed by atoms with Crippen molar-refractivity contribution in [3.63, 3.8) is 0 Å². The van der Waals surface area contributed by atoms with Gasteiger partial charge in [0.15, 0.2) is 0 Å². The largest absolute Gasteiger partial charge is 0.392 e. The lowest BCUT2D eigenvalue weighted by Gasteiger charge is -2.21. The summed E-state index contributed by atoms with van der Waals surface area (Å²) in [6.07, 6.45) is 5.30. The molecule has 0 aromatic rings. The molecular weight excluding hydrogens is 152 g/mol. The molecule has 1 fully saturated rings. The van der Waals surface area contributed by atoms with Gasteiger partial charge < -0.3 is 5.11 Å². The Morgan fingerprint density at radius 1 is 1.67 bits per heavy atom. The van der Waals surface area contributed by atoms with Crippen LogP contribution in [0.3, 0.4) is 0 Å². The molecule has 0 spiro atoms. The van der Waals surface area contributed by atoms with Crippen molar-refractivity contribution in [1.82, 2.24) is 0 Å². The van der Waals surface area contributed by atoms with E-state index in [1.54, 1.807) is 0 Å². The van der Waals surface area contributed by atoms with Gasteiger partial charge in [0.25, 0.3) is 0 Å². The Morgan fingerprint density at radius 3 is 2.92 bits per heavy atom. The molecule has 12 heavy (non-hydrogen) atoms. The van der Waals surface area contributed by atoms with Crippen molar-refractivity contribution in [2.75, 3.05) is 0 Å². The lowest BCUT2D eigenvalue weighted by molar-refractivity contribution is -0.126. The Bertz CT molecular complexity index is 232. The summed E-state index contributed by atoms with van der Waals surface area (Å²) in [6.45, 7) is 1.92. The number of hydrogen-bond acceptors (Lipinski definition) is 2. The van der Waals surface area contributed by atoms with Crippen LogP contribution in [0.15, 0.2) is 12.2 Å². The highest BCUT2D eigenvalue weighted by molar-refractivity contribution is 5.89. The average molecular weight is 166 g/mol. The van der Waals surface area contributed by atoms with Crippen LogP contribution in [0.5, 0.6) is 0 Å². The minimum Gasteiger partial charge on any atom is -0.392 e. The lowest BCUT2D eigenvalue weighted by atomic mass is 9.86. The van der Waals surface area contributed by atoms with Crippen molar-refractivity contribution in [3.05, 3.63) is 12.2 Å². The summed E-state index contributed by atoms with van der Waals surface area (Å²) in [5.74, 6) is 0.625. The zero-order chi connectivity index (χ0) is 8.72. The summed E-state index contributed by atoms with van der Waals surface area (Å²) in [5.41, 5.74) is 0. The minimum atomic E-state index is -0.419. The van der Waals surface area contributed by atoms with Gasteiger partial charge in [0.1, 0.15) is 5.78 Å². The van der Waals surface area contributed by atoms with Crippen LogP contribution < -0.4 is 0 Å². The fourth-order valence-corrected chi connectivity index (χ4v) is 2.39. The number of carbonyl (C=O) groups excluding carboxylic acids is 1. The first-order valence-electron chi connectivity index (χ1n) is 4.64. The number of hydrogen-bond donors (Lipinski definition) is 1. The molecule has 4 atom stereocenters. The third kappa shape index (κ3) is 0.944. The first-order chi connectivity index (χ1) is 5.74. The highest BCUT2D eigenvalue weighted by Gasteiger charge is 2.45. The molecule has 2 nitrogen and oxygen atoms in total. The van der Waals surface area contributed by atoms with Gasteiger partial charge in [-0.3, -0.25) is 4.79 Å². The van der Waals surface area contributed by atoms with Gasteiger partial charge in [-0.15, -0.1) is 0 Å². The van der Waals surface area contributed by atoms with Crippen molar-refractivity contribution in [2.45, 2.75) is 25.9 Å². The number of aliphatic hydroxyl groups is 1. The molecule has 2 heteroatoms. The number of carbonyl (C=O) groups is 1. The molecule has 0 unspecified atom stereocenters. The monoisotopic (exact) mass is 166 g/mol. The number of aliphatic hydroxyl groups excluding tert-OH is 1. The zero-order valence-electron chi connectivity index (χ0n) is 7.23. The van der Waals surface area contributed by atoms with Gasteiger partial charge in [-0.25, -0.2) is 0 Å². The maximum absolute atomic E-state index is 11.6. The van der Waals surface area contributed by atoms with Crippen molar-refractivity contribution < 1.29 is 9.90 Å². The number of fused-ring (bicyclic) bond motifs is 2. The molecule has 0 aliphatic heterocycles. The molecule has 2 bridgehead atoms. The molecule has 1 saturated carbocycles. The number of rotatable bonds is 2. The van der Waals surface area contributed by atoms with E-state index in [0.29, 0.717) is 12.3 Å². The second-order valence-corrected chi connectivity index (χ2v) is 3.79. The summed E-state index contributed by atoms with van der Waals surface area (Å²) in [6, 6.07) is 0. The van der Waals surface area contributed by atoms with Gasteiger partial charge in [0.05, 0.1) is 12.0 Å². The van der Waals surface area contributed by atoms with Crippen LogP contribution in [-0.4, -0.2) is 17.0 Å². The maximum Gasteiger partial charge on any atom is 0.145 e. The second-order valence-electron chi connectivity index (χ2n) is 3.79. The van der Waals surface area contributed by atoms with Crippen LogP contribution in [-0.2, 0) is 4.79 Å². The quantitative estimate of drug-likeness (QED) is 0.625. The van der Waals surface area contributed by atoms with E-state index in [0.717, 1.165) is 6.42 Å². The highest BCUT2D eigenvalue weighted by atomic mass is 16.3. The second kappa shape index (κ2) is 2.70. The Kier molecular flexibility index (Phi) is 1.80. The van der Waals surface area contributed by atoms with Crippen LogP contribution in [0, 0.1) is 17.8 Å². The van der Waals surface area contributed by atoms with Crippen LogP contribution in [0.4, 0.5) is 0 Å². The fourth-order valence-electron chi connectivity index (χ4n) is 2.39. The Balaban J connectivity index is 2.18. The predicted molar refractivity (Wildman–Crippen MR) is 45.5 cm³/mol. The first kappa shape index (κ1) is 7.99. The number of ketones is 1. The Morgan fingerprint density at radius 2 is 2.42 bits per heavy atom. The van der Waals surface area contributed by atoms with Gasteiger partial charge >= 0.3 is 0 Å². The molecule has 0 saturated heterocycles. The number of allylic oxidation sites excluding steroid dienone is 2. The molecular formula is C10H14O2.